The van der Waals surface area contributed by atoms with Crippen molar-refractivity contribution in [2.75, 3.05) is 13.2 Å². The zero-order valence-corrected chi connectivity index (χ0v) is 10.4. The smallest absolute Gasteiger partial charge is 0.129 e. The van der Waals surface area contributed by atoms with E-state index in [2.05, 4.69) is 5.32 Å². The molecule has 0 aliphatic carbocycles. The average molecular weight is 246 g/mol. The van der Waals surface area contributed by atoms with Gasteiger partial charge in [0.05, 0.1) is 12.7 Å². The van der Waals surface area contributed by atoms with Crippen molar-refractivity contribution in [3.63, 3.8) is 0 Å². The lowest BCUT2D eigenvalue weighted by Crippen LogP contribution is -2.21. The fourth-order valence-electron chi connectivity index (χ4n) is 1.25. The Hall–Kier alpha value is -0.640. The van der Waals surface area contributed by atoms with Gasteiger partial charge in [-0.15, -0.1) is 0 Å². The van der Waals surface area contributed by atoms with Crippen molar-refractivity contribution in [1.82, 2.24) is 5.32 Å². The van der Waals surface area contributed by atoms with Crippen LogP contribution in [0.15, 0.2) is 18.2 Å². The lowest BCUT2D eigenvalue weighted by molar-refractivity contribution is 0.0806. The van der Waals surface area contributed by atoms with Gasteiger partial charge in [0.2, 0.25) is 0 Å². The lowest BCUT2D eigenvalue weighted by atomic mass is 10.2. The van der Waals surface area contributed by atoms with Crippen molar-refractivity contribution in [1.29, 1.82) is 0 Å². The summed E-state index contributed by atoms with van der Waals surface area (Å²) in [7, 11) is 0. The SMILES string of the molecule is CC(C)OCCNCc1ccc(Cl)cc1F. The molecular weight excluding hydrogens is 229 g/mol. The summed E-state index contributed by atoms with van der Waals surface area (Å²) in [6, 6.07) is 4.70. The van der Waals surface area contributed by atoms with Crippen LogP contribution < -0.4 is 5.32 Å². The minimum absolute atomic E-state index is 0.231. The molecule has 90 valence electrons. The molecule has 1 rings (SSSR count). The highest BCUT2D eigenvalue weighted by atomic mass is 35.5. The van der Waals surface area contributed by atoms with E-state index in [9.17, 15) is 4.39 Å². The van der Waals surface area contributed by atoms with E-state index in [-0.39, 0.29) is 11.9 Å². The number of hydrogen-bond acceptors (Lipinski definition) is 2. The molecule has 0 bridgehead atoms. The number of rotatable bonds is 6. The number of hydrogen-bond donors (Lipinski definition) is 1. The maximum atomic E-state index is 13.3. The minimum atomic E-state index is -0.273. The first kappa shape index (κ1) is 13.4. The average Bonchev–Trinajstić information content (AvgIpc) is 2.20. The van der Waals surface area contributed by atoms with Crippen LogP contribution in [0.4, 0.5) is 4.39 Å². The Morgan fingerprint density at radius 3 is 2.81 bits per heavy atom. The first-order valence-electron chi connectivity index (χ1n) is 5.36. The van der Waals surface area contributed by atoms with Gasteiger partial charge in [-0.2, -0.15) is 0 Å². The molecule has 0 fully saturated rings. The third-order valence-electron chi connectivity index (χ3n) is 2.06. The largest absolute Gasteiger partial charge is 0.377 e. The molecule has 0 spiro atoms. The van der Waals surface area contributed by atoms with Gasteiger partial charge in [0.1, 0.15) is 5.82 Å². The van der Waals surface area contributed by atoms with Crippen molar-refractivity contribution in [2.45, 2.75) is 26.5 Å². The van der Waals surface area contributed by atoms with Crippen molar-refractivity contribution < 1.29 is 9.13 Å². The summed E-state index contributed by atoms with van der Waals surface area (Å²) in [5.41, 5.74) is 0.619. The quantitative estimate of drug-likeness (QED) is 0.778. The molecule has 0 aliphatic heterocycles. The van der Waals surface area contributed by atoms with Gasteiger partial charge < -0.3 is 10.1 Å². The molecule has 0 saturated carbocycles. The van der Waals surface area contributed by atoms with Gasteiger partial charge in [0.25, 0.3) is 0 Å². The molecule has 0 amide bonds. The second kappa shape index (κ2) is 6.84. The van der Waals surface area contributed by atoms with E-state index in [0.717, 1.165) is 0 Å². The molecule has 0 unspecified atom stereocenters. The van der Waals surface area contributed by atoms with E-state index >= 15 is 0 Å². The molecule has 0 saturated heterocycles. The Kier molecular flexibility index (Phi) is 5.74. The highest BCUT2D eigenvalue weighted by Crippen LogP contribution is 2.14. The Labute approximate surface area is 101 Å². The monoisotopic (exact) mass is 245 g/mol. The van der Waals surface area contributed by atoms with Crippen molar-refractivity contribution >= 4 is 11.6 Å². The molecule has 16 heavy (non-hydrogen) atoms. The van der Waals surface area contributed by atoms with E-state index in [1.165, 1.54) is 6.07 Å². The zero-order chi connectivity index (χ0) is 12.0. The molecule has 1 aromatic rings. The molecule has 0 heterocycles. The van der Waals surface area contributed by atoms with Crippen LogP contribution in [0.25, 0.3) is 0 Å². The molecule has 2 nitrogen and oxygen atoms in total. The first-order valence-corrected chi connectivity index (χ1v) is 5.73. The fraction of sp³-hybridized carbons (Fsp3) is 0.500. The van der Waals surface area contributed by atoms with E-state index in [1.807, 2.05) is 13.8 Å². The van der Waals surface area contributed by atoms with E-state index < -0.39 is 0 Å². The molecule has 0 atom stereocenters. The summed E-state index contributed by atoms with van der Waals surface area (Å²) >= 11 is 5.66. The normalized spacial score (nSPS) is 11.1. The second-order valence-electron chi connectivity index (χ2n) is 3.83. The summed E-state index contributed by atoms with van der Waals surface area (Å²) in [4.78, 5) is 0. The van der Waals surface area contributed by atoms with E-state index in [0.29, 0.717) is 30.3 Å². The predicted molar refractivity (Wildman–Crippen MR) is 64.2 cm³/mol. The summed E-state index contributed by atoms with van der Waals surface area (Å²) in [6.45, 7) is 5.80. The number of nitrogens with one attached hydrogen (secondary N) is 1. The molecule has 0 aliphatic rings. The van der Waals surface area contributed by atoms with Crippen LogP contribution >= 0.6 is 11.6 Å². The van der Waals surface area contributed by atoms with Gasteiger partial charge in [-0.05, 0) is 26.0 Å². The number of halogens is 2. The number of benzene rings is 1. The van der Waals surface area contributed by atoms with Gasteiger partial charge in [-0.3, -0.25) is 0 Å². The Morgan fingerprint density at radius 2 is 2.19 bits per heavy atom. The summed E-state index contributed by atoms with van der Waals surface area (Å²) in [5.74, 6) is -0.273. The van der Waals surface area contributed by atoms with Crippen LogP contribution in [-0.2, 0) is 11.3 Å². The summed E-state index contributed by atoms with van der Waals surface area (Å²) in [6.07, 6.45) is 0.231. The highest BCUT2D eigenvalue weighted by Gasteiger charge is 2.02. The van der Waals surface area contributed by atoms with Crippen molar-refractivity contribution in [3.8, 4) is 0 Å². The minimum Gasteiger partial charge on any atom is -0.377 e. The molecule has 1 N–H and O–H groups in total. The zero-order valence-electron chi connectivity index (χ0n) is 9.59. The van der Waals surface area contributed by atoms with Gasteiger partial charge >= 0.3 is 0 Å². The Bertz CT molecular complexity index is 331. The summed E-state index contributed by atoms with van der Waals surface area (Å²) < 4.78 is 18.7. The summed E-state index contributed by atoms with van der Waals surface area (Å²) in [5, 5.41) is 3.53. The molecule has 4 heteroatoms. The topological polar surface area (TPSA) is 21.3 Å². The van der Waals surface area contributed by atoms with Crippen molar-refractivity contribution in [3.05, 3.63) is 34.6 Å². The standard InChI is InChI=1S/C12H17ClFNO/c1-9(2)16-6-5-15-8-10-3-4-11(13)7-12(10)14/h3-4,7,9,15H,5-6,8H2,1-2H3. The Morgan fingerprint density at radius 1 is 1.44 bits per heavy atom. The van der Waals surface area contributed by atoms with Gasteiger partial charge in [-0.25, -0.2) is 4.39 Å². The first-order chi connectivity index (χ1) is 7.59. The molecular formula is C12H17ClFNO. The van der Waals surface area contributed by atoms with Crippen LogP contribution in [0.2, 0.25) is 5.02 Å². The third kappa shape index (κ3) is 4.92. The molecule has 0 radical (unpaired) electrons. The highest BCUT2D eigenvalue weighted by molar-refractivity contribution is 6.30. The van der Waals surface area contributed by atoms with Gasteiger partial charge in [-0.1, -0.05) is 17.7 Å². The number of ether oxygens (including phenoxy) is 1. The Balaban J connectivity index is 2.27. The van der Waals surface area contributed by atoms with E-state index in [4.69, 9.17) is 16.3 Å². The van der Waals surface area contributed by atoms with E-state index in [1.54, 1.807) is 12.1 Å². The molecule has 1 aromatic carbocycles. The van der Waals surface area contributed by atoms with Gasteiger partial charge in [0, 0.05) is 23.7 Å². The van der Waals surface area contributed by atoms with Crippen molar-refractivity contribution in [2.24, 2.45) is 0 Å². The maximum Gasteiger partial charge on any atom is 0.129 e. The van der Waals surface area contributed by atoms with Crippen LogP contribution in [0.1, 0.15) is 19.4 Å². The van der Waals surface area contributed by atoms with Crippen LogP contribution in [-0.4, -0.2) is 19.3 Å². The van der Waals surface area contributed by atoms with Crippen LogP contribution in [0.5, 0.6) is 0 Å². The van der Waals surface area contributed by atoms with Crippen LogP contribution in [0, 0.1) is 5.82 Å². The van der Waals surface area contributed by atoms with Gasteiger partial charge in [0.15, 0.2) is 0 Å². The maximum absolute atomic E-state index is 13.3. The second-order valence-corrected chi connectivity index (χ2v) is 4.27. The third-order valence-corrected chi connectivity index (χ3v) is 2.30. The van der Waals surface area contributed by atoms with Crippen LogP contribution in [0.3, 0.4) is 0 Å². The molecule has 0 aromatic heterocycles. The fourth-order valence-corrected chi connectivity index (χ4v) is 1.41. The lowest BCUT2D eigenvalue weighted by Gasteiger charge is -2.09. The predicted octanol–water partition coefficient (Wildman–Crippen LogP) is 2.99.